The average molecular weight is 297 g/mol. The third-order valence-electron chi connectivity index (χ3n) is 5.07. The maximum atomic E-state index is 13.0. The fourth-order valence-corrected chi connectivity index (χ4v) is 3.47. The van der Waals surface area contributed by atoms with Gasteiger partial charge in [0.25, 0.3) is 0 Å². The van der Waals surface area contributed by atoms with Gasteiger partial charge in [-0.05, 0) is 38.0 Å². The first-order valence-corrected chi connectivity index (χ1v) is 7.99. The van der Waals surface area contributed by atoms with Crippen LogP contribution < -0.4 is 5.73 Å². The number of amidine groups is 1. The number of ether oxygens (including phenoxy) is 1. The van der Waals surface area contributed by atoms with Gasteiger partial charge in [0.05, 0.1) is 0 Å². The molecule has 0 aromatic heterocycles. The van der Waals surface area contributed by atoms with Gasteiger partial charge < -0.3 is 20.6 Å². The Labute approximate surface area is 126 Å². The Morgan fingerprint density at radius 2 is 2.10 bits per heavy atom. The molecule has 2 fully saturated rings. The van der Waals surface area contributed by atoms with Crippen LogP contribution in [0.1, 0.15) is 45.4 Å². The van der Waals surface area contributed by atoms with E-state index in [2.05, 4.69) is 12.1 Å². The Balaban J connectivity index is 2.14. The second-order valence-electron chi connectivity index (χ2n) is 6.18. The third kappa shape index (κ3) is 3.31. The van der Waals surface area contributed by atoms with E-state index in [0.29, 0.717) is 32.0 Å². The molecule has 1 atom stereocenters. The van der Waals surface area contributed by atoms with Crippen molar-refractivity contribution in [1.29, 1.82) is 0 Å². The SMILES string of the molecule is CCC1CCCN(C(=O)C2(C(N)=NO)CCOCC2)CC1. The van der Waals surface area contributed by atoms with Crippen molar-refractivity contribution in [3.63, 3.8) is 0 Å². The molecule has 0 aromatic rings. The van der Waals surface area contributed by atoms with E-state index in [4.69, 9.17) is 15.7 Å². The van der Waals surface area contributed by atoms with Gasteiger partial charge in [-0.15, -0.1) is 0 Å². The molecule has 21 heavy (non-hydrogen) atoms. The van der Waals surface area contributed by atoms with Crippen LogP contribution in [0.3, 0.4) is 0 Å². The highest BCUT2D eigenvalue weighted by Crippen LogP contribution is 2.34. The highest BCUT2D eigenvalue weighted by Gasteiger charge is 2.46. The molecule has 0 aliphatic carbocycles. The second kappa shape index (κ2) is 7.11. The molecule has 1 unspecified atom stereocenters. The quantitative estimate of drug-likeness (QED) is 0.358. The second-order valence-corrected chi connectivity index (χ2v) is 6.18. The van der Waals surface area contributed by atoms with E-state index >= 15 is 0 Å². The largest absolute Gasteiger partial charge is 0.409 e. The number of hydrogen-bond donors (Lipinski definition) is 2. The number of nitrogens with zero attached hydrogens (tertiary/aromatic N) is 2. The average Bonchev–Trinajstić information content (AvgIpc) is 2.79. The predicted octanol–water partition coefficient (Wildman–Crippen LogP) is 1.57. The molecule has 3 N–H and O–H groups in total. The van der Waals surface area contributed by atoms with Gasteiger partial charge in [-0.25, -0.2) is 0 Å². The maximum absolute atomic E-state index is 13.0. The summed E-state index contributed by atoms with van der Waals surface area (Å²) in [5, 5.41) is 12.2. The number of oxime groups is 1. The molecule has 0 saturated carbocycles. The van der Waals surface area contributed by atoms with E-state index in [1.54, 1.807) is 0 Å². The fourth-order valence-electron chi connectivity index (χ4n) is 3.47. The van der Waals surface area contributed by atoms with Crippen molar-refractivity contribution in [2.45, 2.75) is 45.4 Å². The first kappa shape index (κ1) is 16.1. The van der Waals surface area contributed by atoms with Crippen molar-refractivity contribution in [1.82, 2.24) is 4.90 Å². The molecule has 0 bridgehead atoms. The monoisotopic (exact) mass is 297 g/mol. The van der Waals surface area contributed by atoms with Crippen molar-refractivity contribution in [3.05, 3.63) is 0 Å². The molecule has 6 nitrogen and oxygen atoms in total. The Hall–Kier alpha value is -1.30. The lowest BCUT2D eigenvalue weighted by Crippen LogP contribution is -2.54. The smallest absolute Gasteiger partial charge is 0.236 e. The van der Waals surface area contributed by atoms with Gasteiger partial charge in [-0.3, -0.25) is 4.79 Å². The number of nitrogens with two attached hydrogens (primary N) is 1. The van der Waals surface area contributed by atoms with Crippen LogP contribution in [0, 0.1) is 11.3 Å². The van der Waals surface area contributed by atoms with Gasteiger partial charge in [0.1, 0.15) is 5.41 Å². The summed E-state index contributed by atoms with van der Waals surface area (Å²) < 4.78 is 5.35. The van der Waals surface area contributed by atoms with Crippen LogP contribution in [0.15, 0.2) is 5.16 Å². The van der Waals surface area contributed by atoms with Crippen LogP contribution in [-0.2, 0) is 9.53 Å². The minimum absolute atomic E-state index is 0.0119. The molecular weight excluding hydrogens is 270 g/mol. The van der Waals surface area contributed by atoms with Gasteiger partial charge in [-0.1, -0.05) is 18.5 Å². The number of amides is 1. The first-order valence-electron chi connectivity index (χ1n) is 7.99. The van der Waals surface area contributed by atoms with E-state index in [-0.39, 0.29) is 11.7 Å². The number of likely N-dealkylation sites (tertiary alicyclic amines) is 1. The summed E-state index contributed by atoms with van der Waals surface area (Å²) >= 11 is 0. The van der Waals surface area contributed by atoms with Crippen molar-refractivity contribution in [2.24, 2.45) is 22.2 Å². The van der Waals surface area contributed by atoms with Crippen LogP contribution in [0.4, 0.5) is 0 Å². The fraction of sp³-hybridized carbons (Fsp3) is 0.867. The van der Waals surface area contributed by atoms with Crippen molar-refractivity contribution < 1.29 is 14.7 Å². The Kier molecular flexibility index (Phi) is 5.45. The molecule has 2 rings (SSSR count). The summed E-state index contributed by atoms with van der Waals surface area (Å²) in [6.07, 6.45) is 5.42. The molecule has 2 aliphatic heterocycles. The molecule has 6 heteroatoms. The van der Waals surface area contributed by atoms with Crippen LogP contribution in [-0.4, -0.2) is 48.2 Å². The molecule has 1 amide bonds. The summed E-state index contributed by atoms with van der Waals surface area (Å²) in [6, 6.07) is 0. The van der Waals surface area contributed by atoms with E-state index in [1.165, 1.54) is 12.8 Å². The summed E-state index contributed by atoms with van der Waals surface area (Å²) in [5.41, 5.74) is 5.00. The molecular formula is C15H27N3O3. The molecule has 2 saturated heterocycles. The highest BCUT2D eigenvalue weighted by molar-refractivity contribution is 6.06. The lowest BCUT2D eigenvalue weighted by Gasteiger charge is -2.38. The van der Waals surface area contributed by atoms with Crippen LogP contribution >= 0.6 is 0 Å². The molecule has 2 heterocycles. The number of carbonyl (C=O) groups excluding carboxylic acids is 1. The van der Waals surface area contributed by atoms with Gasteiger partial charge in [-0.2, -0.15) is 0 Å². The van der Waals surface area contributed by atoms with E-state index in [0.717, 1.165) is 25.9 Å². The van der Waals surface area contributed by atoms with Crippen molar-refractivity contribution >= 4 is 11.7 Å². The summed E-state index contributed by atoms with van der Waals surface area (Å²) in [6.45, 7) is 4.72. The summed E-state index contributed by atoms with van der Waals surface area (Å²) in [4.78, 5) is 14.9. The van der Waals surface area contributed by atoms with Gasteiger partial charge in [0.2, 0.25) is 5.91 Å². The van der Waals surface area contributed by atoms with Gasteiger partial charge >= 0.3 is 0 Å². The van der Waals surface area contributed by atoms with Gasteiger partial charge in [0, 0.05) is 26.3 Å². The van der Waals surface area contributed by atoms with Crippen molar-refractivity contribution in [2.75, 3.05) is 26.3 Å². The number of rotatable bonds is 3. The minimum Gasteiger partial charge on any atom is -0.409 e. The van der Waals surface area contributed by atoms with E-state index < -0.39 is 5.41 Å². The normalized spacial score (nSPS) is 27.2. The zero-order valence-electron chi connectivity index (χ0n) is 12.9. The summed E-state index contributed by atoms with van der Waals surface area (Å²) in [5.74, 6) is 0.752. The zero-order chi connectivity index (χ0) is 15.3. The molecule has 120 valence electrons. The van der Waals surface area contributed by atoms with E-state index in [9.17, 15) is 4.79 Å². The number of carbonyl (C=O) groups is 1. The molecule has 0 aromatic carbocycles. The Morgan fingerprint density at radius 1 is 1.38 bits per heavy atom. The van der Waals surface area contributed by atoms with Crippen LogP contribution in [0.2, 0.25) is 0 Å². The standard InChI is InChI=1S/C15H27N3O3/c1-2-12-4-3-8-18(9-5-12)14(19)15(13(16)17-20)6-10-21-11-7-15/h12,20H,2-11H2,1H3,(H2,16,17). The first-order chi connectivity index (χ1) is 10.1. The predicted molar refractivity (Wildman–Crippen MR) is 80.1 cm³/mol. The van der Waals surface area contributed by atoms with Gasteiger partial charge in [0.15, 0.2) is 5.84 Å². The maximum Gasteiger partial charge on any atom is 0.236 e. The summed E-state index contributed by atoms with van der Waals surface area (Å²) in [7, 11) is 0. The Morgan fingerprint density at radius 3 is 2.71 bits per heavy atom. The zero-order valence-corrected chi connectivity index (χ0v) is 12.9. The van der Waals surface area contributed by atoms with Crippen LogP contribution in [0.25, 0.3) is 0 Å². The highest BCUT2D eigenvalue weighted by atomic mass is 16.5. The lowest BCUT2D eigenvalue weighted by atomic mass is 9.77. The van der Waals surface area contributed by atoms with Crippen LogP contribution in [0.5, 0.6) is 0 Å². The molecule has 0 radical (unpaired) electrons. The third-order valence-corrected chi connectivity index (χ3v) is 5.07. The lowest BCUT2D eigenvalue weighted by molar-refractivity contribution is -0.142. The Bertz CT molecular complexity index is 392. The molecule has 0 spiro atoms. The number of hydrogen-bond acceptors (Lipinski definition) is 4. The topological polar surface area (TPSA) is 88.2 Å². The minimum atomic E-state index is -0.876. The van der Waals surface area contributed by atoms with Crippen molar-refractivity contribution in [3.8, 4) is 0 Å². The molecule has 2 aliphatic rings. The van der Waals surface area contributed by atoms with E-state index in [1.807, 2.05) is 4.90 Å².